The van der Waals surface area contributed by atoms with E-state index in [4.69, 9.17) is 41.2 Å². The summed E-state index contributed by atoms with van der Waals surface area (Å²) in [5.74, 6) is 0. The summed E-state index contributed by atoms with van der Waals surface area (Å²) in [5.41, 5.74) is 11.3. The summed E-state index contributed by atoms with van der Waals surface area (Å²) in [6.07, 6.45) is 1.69. The minimum absolute atomic E-state index is 0.154. The molecule has 0 unspecified atom stereocenters. The summed E-state index contributed by atoms with van der Waals surface area (Å²) in [6.45, 7) is 4.86. The summed E-state index contributed by atoms with van der Waals surface area (Å²) < 4.78 is 0. The first kappa shape index (κ1) is 19.9. The number of anilines is 1. The number of hydrazone groups is 1. The standard InChI is InChI=1S/C19H21Cl2N5S/c20-17-6-3-15(11-18(17)21)13-25-7-9-26(10-8-25)16-4-1-14(2-5-16)12-23-24-19(22)27/h1-6,11-12H,7-10,13H2,(H3,22,24,27)/b23-12+. The SMILES string of the molecule is NC(=S)N/N=C/c1ccc(N2CCN(Cc3ccc(Cl)c(Cl)c3)CC2)cc1. The average molecular weight is 422 g/mol. The molecule has 3 N–H and O–H groups in total. The van der Waals surface area contributed by atoms with Crippen molar-refractivity contribution in [1.82, 2.24) is 10.3 Å². The number of hydrogen-bond acceptors (Lipinski definition) is 4. The maximum atomic E-state index is 6.11. The van der Waals surface area contributed by atoms with Crippen molar-refractivity contribution in [3.05, 3.63) is 63.6 Å². The Labute approximate surface area is 174 Å². The number of rotatable bonds is 5. The van der Waals surface area contributed by atoms with Crippen molar-refractivity contribution in [2.45, 2.75) is 6.54 Å². The number of hydrogen-bond donors (Lipinski definition) is 2. The number of halogens is 2. The van der Waals surface area contributed by atoms with Gasteiger partial charge < -0.3 is 10.6 Å². The fourth-order valence-corrected chi connectivity index (χ4v) is 3.38. The van der Waals surface area contributed by atoms with Gasteiger partial charge in [-0.05, 0) is 47.6 Å². The van der Waals surface area contributed by atoms with E-state index in [1.54, 1.807) is 6.21 Å². The van der Waals surface area contributed by atoms with Crippen molar-refractivity contribution >= 4 is 52.4 Å². The first-order valence-corrected chi connectivity index (χ1v) is 9.77. The Hall–Kier alpha value is -1.86. The molecule has 27 heavy (non-hydrogen) atoms. The summed E-state index contributed by atoms with van der Waals surface area (Å²) in [6, 6.07) is 14.1. The van der Waals surface area contributed by atoms with E-state index in [0.29, 0.717) is 10.0 Å². The summed E-state index contributed by atoms with van der Waals surface area (Å²) in [5, 5.41) is 5.33. The van der Waals surface area contributed by atoms with Crippen molar-refractivity contribution in [2.24, 2.45) is 10.8 Å². The summed E-state index contributed by atoms with van der Waals surface area (Å²) in [7, 11) is 0. The van der Waals surface area contributed by atoms with Gasteiger partial charge in [0.2, 0.25) is 0 Å². The van der Waals surface area contributed by atoms with Crippen LogP contribution in [0.3, 0.4) is 0 Å². The Morgan fingerprint density at radius 2 is 1.78 bits per heavy atom. The van der Waals surface area contributed by atoms with Crippen LogP contribution in [-0.2, 0) is 6.54 Å². The zero-order chi connectivity index (χ0) is 19.2. The van der Waals surface area contributed by atoms with E-state index in [0.717, 1.165) is 38.3 Å². The molecule has 2 aromatic rings. The number of nitrogens with one attached hydrogen (secondary N) is 1. The van der Waals surface area contributed by atoms with E-state index in [9.17, 15) is 0 Å². The van der Waals surface area contributed by atoms with Crippen molar-refractivity contribution in [3.8, 4) is 0 Å². The number of benzene rings is 2. The lowest BCUT2D eigenvalue weighted by Crippen LogP contribution is -2.45. The molecule has 142 valence electrons. The normalized spacial score (nSPS) is 15.3. The van der Waals surface area contributed by atoms with Crippen LogP contribution >= 0.6 is 35.4 Å². The Morgan fingerprint density at radius 3 is 2.41 bits per heavy atom. The van der Waals surface area contributed by atoms with Crippen LogP contribution in [0, 0.1) is 0 Å². The molecular weight excluding hydrogens is 401 g/mol. The van der Waals surface area contributed by atoms with E-state index < -0.39 is 0 Å². The minimum atomic E-state index is 0.154. The van der Waals surface area contributed by atoms with Crippen LogP contribution in [-0.4, -0.2) is 42.4 Å². The van der Waals surface area contributed by atoms with Crippen LogP contribution in [0.2, 0.25) is 10.0 Å². The highest BCUT2D eigenvalue weighted by Gasteiger charge is 2.17. The van der Waals surface area contributed by atoms with Crippen molar-refractivity contribution in [1.29, 1.82) is 0 Å². The molecule has 0 spiro atoms. The Balaban J connectivity index is 1.52. The van der Waals surface area contributed by atoms with Crippen LogP contribution in [0.15, 0.2) is 47.6 Å². The number of nitrogens with zero attached hydrogens (tertiary/aromatic N) is 3. The molecule has 0 aromatic heterocycles. The number of thiocarbonyl (C=S) groups is 1. The van der Waals surface area contributed by atoms with Gasteiger partial charge in [-0.1, -0.05) is 41.4 Å². The molecule has 8 heteroatoms. The molecule has 1 aliphatic heterocycles. The van der Waals surface area contributed by atoms with Crippen molar-refractivity contribution < 1.29 is 0 Å². The van der Waals surface area contributed by atoms with Gasteiger partial charge in [0.05, 0.1) is 16.3 Å². The molecule has 0 aliphatic carbocycles. The molecule has 0 saturated carbocycles. The maximum absolute atomic E-state index is 6.11. The number of nitrogens with two attached hydrogens (primary N) is 1. The van der Waals surface area contributed by atoms with Gasteiger partial charge in [0.1, 0.15) is 0 Å². The average Bonchev–Trinajstić information content (AvgIpc) is 2.66. The summed E-state index contributed by atoms with van der Waals surface area (Å²) in [4.78, 5) is 4.82. The largest absolute Gasteiger partial charge is 0.375 e. The predicted molar refractivity (Wildman–Crippen MR) is 118 cm³/mol. The molecule has 3 rings (SSSR count). The Bertz CT molecular complexity index is 817. The first-order valence-electron chi connectivity index (χ1n) is 8.61. The van der Waals surface area contributed by atoms with Gasteiger partial charge in [-0.2, -0.15) is 5.10 Å². The third-order valence-electron chi connectivity index (χ3n) is 4.41. The third-order valence-corrected chi connectivity index (χ3v) is 5.24. The molecule has 1 heterocycles. The second-order valence-corrected chi connectivity index (χ2v) is 7.59. The van der Waals surface area contributed by atoms with Crippen LogP contribution < -0.4 is 16.1 Å². The molecule has 0 atom stereocenters. The monoisotopic (exact) mass is 421 g/mol. The van der Waals surface area contributed by atoms with Gasteiger partial charge in [-0.25, -0.2) is 0 Å². The van der Waals surface area contributed by atoms with E-state index in [1.165, 1.54) is 11.3 Å². The first-order chi connectivity index (χ1) is 13.0. The smallest absolute Gasteiger partial charge is 0.184 e. The fourth-order valence-electron chi connectivity index (χ4n) is 3.00. The van der Waals surface area contributed by atoms with E-state index in [1.807, 2.05) is 30.3 Å². The van der Waals surface area contributed by atoms with Crippen molar-refractivity contribution in [2.75, 3.05) is 31.1 Å². The Kier molecular flexibility index (Phi) is 6.90. The second-order valence-electron chi connectivity index (χ2n) is 6.34. The van der Waals surface area contributed by atoms with E-state index >= 15 is 0 Å². The highest BCUT2D eigenvalue weighted by Crippen LogP contribution is 2.24. The predicted octanol–water partition coefficient (Wildman–Crippen LogP) is 3.48. The maximum Gasteiger partial charge on any atom is 0.184 e. The van der Waals surface area contributed by atoms with Gasteiger partial charge in [0.15, 0.2) is 5.11 Å². The molecule has 1 fully saturated rings. The van der Waals surface area contributed by atoms with E-state index in [-0.39, 0.29) is 5.11 Å². The molecule has 1 aliphatic rings. The fraction of sp³-hybridized carbons (Fsp3) is 0.263. The van der Waals surface area contributed by atoms with Crippen LogP contribution in [0.1, 0.15) is 11.1 Å². The van der Waals surface area contributed by atoms with E-state index in [2.05, 4.69) is 32.5 Å². The molecular formula is C19H21Cl2N5S. The summed E-state index contributed by atoms with van der Waals surface area (Å²) >= 11 is 16.8. The lowest BCUT2D eigenvalue weighted by atomic mass is 10.1. The molecule has 5 nitrogen and oxygen atoms in total. The van der Waals surface area contributed by atoms with Gasteiger partial charge in [-0.3, -0.25) is 10.3 Å². The lowest BCUT2D eigenvalue weighted by molar-refractivity contribution is 0.250. The minimum Gasteiger partial charge on any atom is -0.375 e. The molecule has 0 radical (unpaired) electrons. The topological polar surface area (TPSA) is 56.9 Å². The molecule has 0 amide bonds. The van der Waals surface area contributed by atoms with Crippen LogP contribution in [0.5, 0.6) is 0 Å². The van der Waals surface area contributed by atoms with Gasteiger partial charge in [0.25, 0.3) is 0 Å². The van der Waals surface area contributed by atoms with Gasteiger partial charge in [0, 0.05) is 38.4 Å². The zero-order valence-corrected chi connectivity index (χ0v) is 17.1. The van der Waals surface area contributed by atoms with Crippen LogP contribution in [0.25, 0.3) is 0 Å². The highest BCUT2D eigenvalue weighted by atomic mass is 35.5. The highest BCUT2D eigenvalue weighted by molar-refractivity contribution is 7.80. The Morgan fingerprint density at radius 1 is 1.07 bits per heavy atom. The van der Waals surface area contributed by atoms with Crippen molar-refractivity contribution in [3.63, 3.8) is 0 Å². The van der Waals surface area contributed by atoms with Crippen LogP contribution in [0.4, 0.5) is 5.69 Å². The molecule has 1 saturated heterocycles. The van der Waals surface area contributed by atoms with Gasteiger partial charge >= 0.3 is 0 Å². The second kappa shape index (κ2) is 9.37. The zero-order valence-electron chi connectivity index (χ0n) is 14.7. The molecule has 2 aromatic carbocycles. The lowest BCUT2D eigenvalue weighted by Gasteiger charge is -2.36. The molecule has 0 bridgehead atoms. The number of piperazine rings is 1. The third kappa shape index (κ3) is 5.81. The van der Waals surface area contributed by atoms with Gasteiger partial charge in [-0.15, -0.1) is 0 Å². The quantitative estimate of drug-likeness (QED) is 0.439.